The standard InChI is InChI=1S/C28H37FN4O4/c1-35-19-20-17-30-28(31-18-20)33-7-4-21(5-8-33)25-14-22(25)6-11-37-24-3-2-23(26(29)16-24)15-27(34)32-9-12-36-13-10-32/h2-3,16-18,21-22,25H,4-15,19H2,1H3/t22-,25-/m0/s1. The number of amides is 1. The maximum atomic E-state index is 14.6. The molecule has 0 bridgehead atoms. The molecule has 2 atom stereocenters. The second kappa shape index (κ2) is 12.2. The van der Waals surface area contributed by atoms with E-state index in [-0.39, 0.29) is 18.1 Å². The number of hydrogen-bond donors (Lipinski definition) is 0. The number of carbonyl (C=O) groups excluding carboxylic acids is 1. The molecule has 0 unspecified atom stereocenters. The van der Waals surface area contributed by atoms with Crippen LogP contribution in [0.1, 0.15) is 36.8 Å². The monoisotopic (exact) mass is 512 g/mol. The van der Waals surface area contributed by atoms with Gasteiger partial charge in [0.05, 0.1) is 32.8 Å². The molecule has 0 radical (unpaired) electrons. The van der Waals surface area contributed by atoms with E-state index in [4.69, 9.17) is 14.2 Å². The van der Waals surface area contributed by atoms with Crippen molar-refractivity contribution < 1.29 is 23.4 Å². The van der Waals surface area contributed by atoms with Gasteiger partial charge >= 0.3 is 0 Å². The molecule has 3 fully saturated rings. The Balaban J connectivity index is 1.01. The van der Waals surface area contributed by atoms with Crippen LogP contribution in [-0.4, -0.2) is 73.9 Å². The summed E-state index contributed by atoms with van der Waals surface area (Å²) in [6, 6.07) is 4.85. The zero-order valence-electron chi connectivity index (χ0n) is 21.6. The predicted octanol–water partition coefficient (Wildman–Crippen LogP) is 3.49. The molecule has 1 aliphatic carbocycles. The van der Waals surface area contributed by atoms with Gasteiger partial charge in [-0.2, -0.15) is 0 Å². The summed E-state index contributed by atoms with van der Waals surface area (Å²) in [5, 5.41) is 0. The molecule has 1 aromatic carbocycles. The van der Waals surface area contributed by atoms with Crippen LogP contribution in [0.2, 0.25) is 0 Å². The quantitative estimate of drug-likeness (QED) is 0.482. The van der Waals surface area contributed by atoms with Gasteiger partial charge in [0.15, 0.2) is 0 Å². The van der Waals surface area contributed by atoms with Crippen LogP contribution < -0.4 is 9.64 Å². The Hall–Kier alpha value is -2.78. The van der Waals surface area contributed by atoms with Crippen LogP contribution in [0.3, 0.4) is 0 Å². The highest BCUT2D eigenvalue weighted by molar-refractivity contribution is 5.79. The molecule has 1 saturated carbocycles. The van der Waals surface area contributed by atoms with Crippen molar-refractivity contribution >= 4 is 11.9 Å². The van der Waals surface area contributed by atoms with E-state index >= 15 is 0 Å². The molecule has 5 rings (SSSR count). The minimum absolute atomic E-state index is 0.0611. The Morgan fingerprint density at radius 1 is 1.14 bits per heavy atom. The van der Waals surface area contributed by atoms with E-state index in [9.17, 15) is 9.18 Å². The van der Waals surface area contributed by atoms with Crippen molar-refractivity contribution in [2.24, 2.45) is 17.8 Å². The van der Waals surface area contributed by atoms with Gasteiger partial charge in [0.2, 0.25) is 11.9 Å². The highest BCUT2D eigenvalue weighted by Crippen LogP contribution is 2.49. The Morgan fingerprint density at radius 3 is 2.59 bits per heavy atom. The van der Waals surface area contributed by atoms with Gasteiger partial charge < -0.3 is 24.0 Å². The maximum Gasteiger partial charge on any atom is 0.227 e. The molecule has 9 heteroatoms. The SMILES string of the molecule is COCc1cnc(N2CCC([C@@H]3C[C@@H]3CCOc3ccc(CC(=O)N4CCOCC4)c(F)c3)CC2)nc1. The average Bonchev–Trinajstić information content (AvgIpc) is 3.71. The molecule has 3 heterocycles. The summed E-state index contributed by atoms with van der Waals surface area (Å²) >= 11 is 0. The second-order valence-electron chi connectivity index (χ2n) is 10.4. The summed E-state index contributed by atoms with van der Waals surface area (Å²) in [5.74, 6) is 3.10. The van der Waals surface area contributed by atoms with Crippen molar-refractivity contribution in [2.45, 2.75) is 38.7 Å². The topological polar surface area (TPSA) is 77.0 Å². The Morgan fingerprint density at radius 2 is 1.89 bits per heavy atom. The number of rotatable bonds is 10. The molecule has 2 saturated heterocycles. The number of hydrogen-bond acceptors (Lipinski definition) is 7. The number of morpholine rings is 1. The molecule has 200 valence electrons. The third kappa shape index (κ3) is 6.76. The van der Waals surface area contributed by atoms with E-state index in [0.29, 0.717) is 56.7 Å². The lowest BCUT2D eigenvalue weighted by Crippen LogP contribution is -2.41. The fourth-order valence-corrected chi connectivity index (χ4v) is 5.64. The van der Waals surface area contributed by atoms with Crippen LogP contribution in [-0.2, 0) is 27.3 Å². The van der Waals surface area contributed by atoms with E-state index in [1.807, 2.05) is 12.4 Å². The van der Waals surface area contributed by atoms with Gasteiger partial charge in [0.1, 0.15) is 11.6 Å². The van der Waals surface area contributed by atoms with Crippen molar-refractivity contribution in [2.75, 3.05) is 58.0 Å². The molecule has 0 N–H and O–H groups in total. The Labute approximate surface area is 218 Å². The maximum absolute atomic E-state index is 14.6. The zero-order chi connectivity index (χ0) is 25.6. The summed E-state index contributed by atoms with van der Waals surface area (Å²) in [6.07, 6.45) is 8.35. The van der Waals surface area contributed by atoms with Gasteiger partial charge in [-0.05, 0) is 55.1 Å². The van der Waals surface area contributed by atoms with Crippen LogP contribution in [0.25, 0.3) is 0 Å². The third-order valence-electron chi connectivity index (χ3n) is 7.90. The van der Waals surface area contributed by atoms with Gasteiger partial charge in [-0.3, -0.25) is 4.79 Å². The number of ether oxygens (including phenoxy) is 3. The van der Waals surface area contributed by atoms with Crippen molar-refractivity contribution in [3.63, 3.8) is 0 Å². The van der Waals surface area contributed by atoms with E-state index in [0.717, 1.165) is 42.9 Å². The number of methoxy groups -OCH3 is 1. The lowest BCUT2D eigenvalue weighted by atomic mass is 9.90. The lowest BCUT2D eigenvalue weighted by Gasteiger charge is -2.32. The number of nitrogens with zero attached hydrogens (tertiary/aromatic N) is 4. The highest BCUT2D eigenvalue weighted by atomic mass is 19.1. The number of piperidine rings is 1. The number of carbonyl (C=O) groups is 1. The fourth-order valence-electron chi connectivity index (χ4n) is 5.64. The molecule has 0 spiro atoms. The molecule has 3 aliphatic rings. The minimum atomic E-state index is -0.382. The first-order valence-electron chi connectivity index (χ1n) is 13.4. The van der Waals surface area contributed by atoms with Crippen LogP contribution in [0.15, 0.2) is 30.6 Å². The normalized spacial score (nSPS) is 22.2. The van der Waals surface area contributed by atoms with Crippen LogP contribution in [0, 0.1) is 23.6 Å². The average molecular weight is 513 g/mol. The molecule has 37 heavy (non-hydrogen) atoms. The number of anilines is 1. The van der Waals surface area contributed by atoms with Crippen LogP contribution >= 0.6 is 0 Å². The molecule has 8 nitrogen and oxygen atoms in total. The lowest BCUT2D eigenvalue weighted by molar-refractivity contribution is -0.134. The summed E-state index contributed by atoms with van der Waals surface area (Å²) in [7, 11) is 1.67. The Kier molecular flexibility index (Phi) is 8.51. The first-order chi connectivity index (χ1) is 18.1. The fraction of sp³-hybridized carbons (Fsp3) is 0.607. The largest absolute Gasteiger partial charge is 0.493 e. The van der Waals surface area contributed by atoms with Crippen molar-refractivity contribution in [1.82, 2.24) is 14.9 Å². The molecular formula is C28H37FN4O4. The first-order valence-corrected chi connectivity index (χ1v) is 13.4. The summed E-state index contributed by atoms with van der Waals surface area (Å²) < 4.78 is 30.9. The van der Waals surface area contributed by atoms with E-state index < -0.39 is 0 Å². The van der Waals surface area contributed by atoms with E-state index in [2.05, 4.69) is 14.9 Å². The summed E-state index contributed by atoms with van der Waals surface area (Å²) in [4.78, 5) is 25.4. The van der Waals surface area contributed by atoms with Gasteiger partial charge in [0, 0.05) is 57.3 Å². The number of aromatic nitrogens is 2. The second-order valence-corrected chi connectivity index (χ2v) is 10.4. The van der Waals surface area contributed by atoms with Crippen LogP contribution in [0.5, 0.6) is 5.75 Å². The highest BCUT2D eigenvalue weighted by Gasteiger charge is 2.43. The van der Waals surface area contributed by atoms with E-state index in [1.165, 1.54) is 25.3 Å². The van der Waals surface area contributed by atoms with Gasteiger partial charge in [-0.15, -0.1) is 0 Å². The number of benzene rings is 1. The number of halogens is 1. The first kappa shape index (κ1) is 25.9. The van der Waals surface area contributed by atoms with Gasteiger partial charge in [-0.25, -0.2) is 14.4 Å². The van der Waals surface area contributed by atoms with E-state index in [1.54, 1.807) is 24.1 Å². The molecule has 1 aromatic heterocycles. The summed E-state index contributed by atoms with van der Waals surface area (Å²) in [6.45, 7) is 5.34. The van der Waals surface area contributed by atoms with Gasteiger partial charge in [0.25, 0.3) is 0 Å². The molecule has 1 amide bonds. The smallest absolute Gasteiger partial charge is 0.227 e. The molecule has 2 aromatic rings. The van der Waals surface area contributed by atoms with Crippen molar-refractivity contribution in [3.8, 4) is 5.75 Å². The third-order valence-corrected chi connectivity index (χ3v) is 7.90. The van der Waals surface area contributed by atoms with Gasteiger partial charge in [-0.1, -0.05) is 6.07 Å². The van der Waals surface area contributed by atoms with Crippen LogP contribution in [0.4, 0.5) is 10.3 Å². The van der Waals surface area contributed by atoms with Crippen molar-refractivity contribution in [3.05, 3.63) is 47.5 Å². The van der Waals surface area contributed by atoms with Crippen molar-refractivity contribution in [1.29, 1.82) is 0 Å². The minimum Gasteiger partial charge on any atom is -0.493 e. The predicted molar refractivity (Wildman–Crippen MR) is 137 cm³/mol. The molecular weight excluding hydrogens is 475 g/mol. The summed E-state index contributed by atoms with van der Waals surface area (Å²) in [5.41, 5.74) is 1.40. The zero-order valence-corrected chi connectivity index (χ0v) is 21.6. The Bertz CT molecular complexity index is 1040. The molecule has 2 aliphatic heterocycles.